The first-order valence-corrected chi connectivity index (χ1v) is 7.33. The van der Waals surface area contributed by atoms with Gasteiger partial charge in [-0.3, -0.25) is 4.79 Å². The van der Waals surface area contributed by atoms with E-state index >= 15 is 0 Å². The number of rotatable bonds is 7. The summed E-state index contributed by atoms with van der Waals surface area (Å²) in [5, 5.41) is 13.5. The Morgan fingerprint density at radius 1 is 1.18 bits per heavy atom. The van der Waals surface area contributed by atoms with Crippen LogP contribution in [0.15, 0.2) is 36.4 Å². The van der Waals surface area contributed by atoms with Crippen LogP contribution in [0.1, 0.15) is 36.7 Å². The maximum Gasteiger partial charge on any atom is 0.271 e. The molecule has 0 unspecified atom stereocenters. The van der Waals surface area contributed by atoms with Crippen molar-refractivity contribution >= 4 is 17.4 Å². The van der Waals surface area contributed by atoms with Crippen LogP contribution in [0.5, 0.6) is 0 Å². The fourth-order valence-corrected chi connectivity index (χ4v) is 1.90. The molecular weight excluding hydrogens is 283 g/mol. The fraction of sp³-hybridized carbons (Fsp3) is 0.312. The molecule has 0 bridgehead atoms. The molecule has 5 nitrogen and oxygen atoms in total. The number of benzene rings is 1. The molecule has 2 N–H and O–H groups in total. The number of carbonyl (C=O) groups is 1. The summed E-state index contributed by atoms with van der Waals surface area (Å²) in [6, 6.07) is 9.27. The van der Waals surface area contributed by atoms with Crippen molar-refractivity contribution < 1.29 is 9.18 Å². The maximum absolute atomic E-state index is 13.1. The minimum Gasteiger partial charge on any atom is -0.351 e. The highest BCUT2D eigenvalue weighted by Crippen LogP contribution is 2.14. The molecule has 1 aromatic heterocycles. The van der Waals surface area contributed by atoms with Crippen LogP contribution in [-0.2, 0) is 0 Å². The Kier molecular flexibility index (Phi) is 5.82. The zero-order chi connectivity index (χ0) is 15.8. The number of unbranched alkanes of at least 4 members (excludes halogenated alkanes) is 2. The Morgan fingerprint density at radius 3 is 2.73 bits per heavy atom. The van der Waals surface area contributed by atoms with Gasteiger partial charge in [0.15, 0.2) is 11.5 Å². The van der Waals surface area contributed by atoms with Crippen molar-refractivity contribution in [2.75, 3.05) is 11.9 Å². The summed E-state index contributed by atoms with van der Waals surface area (Å²) in [7, 11) is 0. The van der Waals surface area contributed by atoms with Crippen LogP contribution in [0, 0.1) is 5.82 Å². The molecule has 2 aromatic rings. The Balaban J connectivity index is 1.91. The van der Waals surface area contributed by atoms with Gasteiger partial charge in [-0.25, -0.2) is 4.39 Å². The molecule has 0 aliphatic rings. The zero-order valence-electron chi connectivity index (χ0n) is 12.5. The van der Waals surface area contributed by atoms with E-state index in [2.05, 4.69) is 27.8 Å². The lowest BCUT2D eigenvalue weighted by atomic mass is 10.2. The van der Waals surface area contributed by atoms with Gasteiger partial charge in [0.1, 0.15) is 5.82 Å². The minimum absolute atomic E-state index is 0.235. The predicted octanol–water partition coefficient (Wildman–Crippen LogP) is 3.28. The Bertz CT molecular complexity index is 616. The molecule has 0 aliphatic heterocycles. The molecule has 1 aromatic carbocycles. The first-order valence-electron chi connectivity index (χ1n) is 7.33. The van der Waals surface area contributed by atoms with E-state index in [1.807, 2.05) is 0 Å². The summed E-state index contributed by atoms with van der Waals surface area (Å²) in [5.41, 5.74) is 0.840. The van der Waals surface area contributed by atoms with Gasteiger partial charge in [-0.1, -0.05) is 25.8 Å². The second kappa shape index (κ2) is 8.07. The van der Waals surface area contributed by atoms with E-state index in [1.54, 1.807) is 24.3 Å². The summed E-state index contributed by atoms with van der Waals surface area (Å²) < 4.78 is 13.1. The fourth-order valence-electron chi connectivity index (χ4n) is 1.90. The smallest absolute Gasteiger partial charge is 0.271 e. The Morgan fingerprint density at radius 2 is 2.05 bits per heavy atom. The van der Waals surface area contributed by atoms with E-state index < -0.39 is 0 Å². The highest BCUT2D eigenvalue weighted by atomic mass is 19.1. The predicted molar refractivity (Wildman–Crippen MR) is 83.6 cm³/mol. The zero-order valence-corrected chi connectivity index (χ0v) is 12.5. The standard InChI is InChI=1S/C16H19FN4O/c1-2-3-4-10-18-16(22)14-8-9-15(21-20-14)19-13-7-5-6-12(17)11-13/h5-9,11H,2-4,10H2,1H3,(H,18,22)(H,19,21). The van der Waals surface area contributed by atoms with E-state index in [0.717, 1.165) is 19.3 Å². The normalized spacial score (nSPS) is 10.3. The average molecular weight is 302 g/mol. The Labute approximate surface area is 129 Å². The van der Waals surface area contributed by atoms with Crippen LogP contribution in [0.25, 0.3) is 0 Å². The van der Waals surface area contributed by atoms with Crippen LogP contribution >= 0.6 is 0 Å². The van der Waals surface area contributed by atoms with Crippen molar-refractivity contribution in [1.29, 1.82) is 0 Å². The average Bonchev–Trinajstić information content (AvgIpc) is 2.52. The van der Waals surface area contributed by atoms with E-state index in [9.17, 15) is 9.18 Å². The topological polar surface area (TPSA) is 66.9 Å². The molecule has 1 heterocycles. The minimum atomic E-state index is -0.332. The Hall–Kier alpha value is -2.50. The van der Waals surface area contributed by atoms with Crippen molar-refractivity contribution in [3.05, 3.63) is 47.9 Å². The molecule has 0 spiro atoms. The van der Waals surface area contributed by atoms with Gasteiger partial charge in [0.25, 0.3) is 5.91 Å². The highest BCUT2D eigenvalue weighted by molar-refractivity contribution is 5.92. The van der Waals surface area contributed by atoms with Crippen molar-refractivity contribution in [3.8, 4) is 0 Å². The van der Waals surface area contributed by atoms with Gasteiger partial charge in [-0.05, 0) is 36.8 Å². The number of aromatic nitrogens is 2. The number of halogens is 1. The lowest BCUT2D eigenvalue weighted by Crippen LogP contribution is -2.25. The van der Waals surface area contributed by atoms with Gasteiger partial charge in [-0.15, -0.1) is 10.2 Å². The molecule has 0 atom stereocenters. The number of hydrogen-bond donors (Lipinski definition) is 2. The number of nitrogens with zero attached hydrogens (tertiary/aromatic N) is 2. The molecule has 0 radical (unpaired) electrons. The molecule has 6 heteroatoms. The van der Waals surface area contributed by atoms with Gasteiger partial charge in [-0.2, -0.15) is 0 Å². The van der Waals surface area contributed by atoms with Crippen LogP contribution in [0.3, 0.4) is 0 Å². The van der Waals surface area contributed by atoms with Crippen LogP contribution < -0.4 is 10.6 Å². The molecule has 0 fully saturated rings. The molecule has 2 rings (SSSR count). The summed E-state index contributed by atoms with van der Waals surface area (Å²) in [6.45, 7) is 2.75. The second-order valence-corrected chi connectivity index (χ2v) is 4.90. The molecule has 0 saturated heterocycles. The molecule has 0 saturated carbocycles. The van der Waals surface area contributed by atoms with E-state index in [4.69, 9.17) is 0 Å². The van der Waals surface area contributed by atoms with E-state index in [0.29, 0.717) is 18.1 Å². The van der Waals surface area contributed by atoms with Gasteiger partial charge < -0.3 is 10.6 Å². The summed E-state index contributed by atoms with van der Waals surface area (Å²) in [6.07, 6.45) is 3.15. The second-order valence-electron chi connectivity index (χ2n) is 4.90. The van der Waals surface area contributed by atoms with E-state index in [-0.39, 0.29) is 17.4 Å². The molecule has 0 aliphatic carbocycles. The van der Waals surface area contributed by atoms with Crippen molar-refractivity contribution in [2.45, 2.75) is 26.2 Å². The van der Waals surface area contributed by atoms with Crippen LogP contribution in [0.2, 0.25) is 0 Å². The highest BCUT2D eigenvalue weighted by Gasteiger charge is 2.07. The van der Waals surface area contributed by atoms with Gasteiger partial charge >= 0.3 is 0 Å². The lowest BCUT2D eigenvalue weighted by molar-refractivity contribution is 0.0947. The first-order chi connectivity index (χ1) is 10.7. The van der Waals surface area contributed by atoms with Crippen LogP contribution in [-0.4, -0.2) is 22.6 Å². The molecule has 1 amide bonds. The quantitative estimate of drug-likeness (QED) is 0.770. The third-order valence-electron chi connectivity index (χ3n) is 3.06. The molecule has 116 valence electrons. The lowest BCUT2D eigenvalue weighted by Gasteiger charge is -2.06. The maximum atomic E-state index is 13.1. The van der Waals surface area contributed by atoms with Crippen molar-refractivity contribution in [1.82, 2.24) is 15.5 Å². The van der Waals surface area contributed by atoms with Gasteiger partial charge in [0.2, 0.25) is 0 Å². The summed E-state index contributed by atoms with van der Waals surface area (Å²) in [5.74, 6) is -0.116. The molecule has 22 heavy (non-hydrogen) atoms. The first kappa shape index (κ1) is 15.9. The van der Waals surface area contributed by atoms with Crippen molar-refractivity contribution in [2.24, 2.45) is 0 Å². The van der Waals surface area contributed by atoms with Gasteiger partial charge in [0, 0.05) is 12.2 Å². The van der Waals surface area contributed by atoms with E-state index in [1.165, 1.54) is 12.1 Å². The molecular formula is C16H19FN4O. The number of hydrogen-bond acceptors (Lipinski definition) is 4. The number of nitrogens with one attached hydrogen (secondary N) is 2. The monoisotopic (exact) mass is 302 g/mol. The third-order valence-corrected chi connectivity index (χ3v) is 3.06. The largest absolute Gasteiger partial charge is 0.351 e. The third kappa shape index (κ3) is 4.80. The summed E-state index contributed by atoms with van der Waals surface area (Å²) in [4.78, 5) is 11.8. The number of carbonyl (C=O) groups excluding carboxylic acids is 1. The van der Waals surface area contributed by atoms with Gasteiger partial charge in [0.05, 0.1) is 0 Å². The summed E-state index contributed by atoms with van der Waals surface area (Å²) >= 11 is 0. The number of anilines is 2. The van der Waals surface area contributed by atoms with Crippen molar-refractivity contribution in [3.63, 3.8) is 0 Å². The SMILES string of the molecule is CCCCCNC(=O)c1ccc(Nc2cccc(F)c2)nn1. The number of amides is 1. The van der Waals surface area contributed by atoms with Crippen LogP contribution in [0.4, 0.5) is 15.9 Å².